The minimum atomic E-state index is -0.600. The SMILES string of the molecule is Cc1ccc(-c2nc(SCC(=O)Nc3ccc([N+](=O)[O-])cc3C#N)n[nH]2)cc1. The van der Waals surface area contributed by atoms with Gasteiger partial charge in [-0.15, -0.1) is 5.10 Å². The van der Waals surface area contributed by atoms with E-state index in [-0.39, 0.29) is 28.6 Å². The number of hydrogen-bond acceptors (Lipinski definition) is 7. The van der Waals surface area contributed by atoms with Crippen LogP contribution in [0.5, 0.6) is 0 Å². The molecule has 2 aromatic carbocycles. The number of anilines is 1. The lowest BCUT2D eigenvalue weighted by Crippen LogP contribution is -2.15. The number of non-ortho nitro benzene ring substituents is 1. The number of aryl methyl sites for hydroxylation is 1. The number of benzene rings is 2. The van der Waals surface area contributed by atoms with Crippen molar-refractivity contribution in [3.05, 3.63) is 63.7 Å². The van der Waals surface area contributed by atoms with Crippen molar-refractivity contribution < 1.29 is 9.72 Å². The average molecular weight is 394 g/mol. The first-order valence-electron chi connectivity index (χ1n) is 8.07. The molecule has 0 unspecified atom stereocenters. The molecule has 140 valence electrons. The van der Waals surface area contributed by atoms with Crippen LogP contribution in [0.15, 0.2) is 47.6 Å². The van der Waals surface area contributed by atoms with Crippen LogP contribution in [0.3, 0.4) is 0 Å². The van der Waals surface area contributed by atoms with Gasteiger partial charge in [0.2, 0.25) is 11.1 Å². The molecule has 0 saturated carbocycles. The second-order valence-corrected chi connectivity index (χ2v) is 6.71. The first kappa shape index (κ1) is 19.1. The number of nitrogens with one attached hydrogen (secondary N) is 2. The maximum absolute atomic E-state index is 12.1. The number of thioether (sulfide) groups is 1. The molecule has 0 aliphatic heterocycles. The van der Waals surface area contributed by atoms with Crippen LogP contribution in [-0.4, -0.2) is 31.8 Å². The van der Waals surface area contributed by atoms with Crippen LogP contribution in [-0.2, 0) is 4.79 Å². The highest BCUT2D eigenvalue weighted by Gasteiger charge is 2.14. The molecular formula is C18H14N6O3S. The Hall–Kier alpha value is -3.71. The third-order valence-corrected chi connectivity index (χ3v) is 4.58. The van der Waals surface area contributed by atoms with Crippen LogP contribution in [0.2, 0.25) is 0 Å². The highest BCUT2D eigenvalue weighted by atomic mass is 32.2. The Morgan fingerprint density at radius 1 is 1.32 bits per heavy atom. The number of aromatic amines is 1. The Labute approximate surface area is 164 Å². The molecule has 0 atom stereocenters. The largest absolute Gasteiger partial charge is 0.324 e. The van der Waals surface area contributed by atoms with Crippen molar-refractivity contribution in [3.8, 4) is 17.5 Å². The first-order chi connectivity index (χ1) is 13.5. The minimum Gasteiger partial charge on any atom is -0.324 e. The number of nitro groups is 1. The number of H-pyrrole nitrogens is 1. The van der Waals surface area contributed by atoms with Crippen molar-refractivity contribution in [2.45, 2.75) is 12.1 Å². The zero-order valence-electron chi connectivity index (χ0n) is 14.7. The molecule has 0 spiro atoms. The molecule has 28 heavy (non-hydrogen) atoms. The predicted molar refractivity (Wildman–Crippen MR) is 104 cm³/mol. The van der Waals surface area contributed by atoms with Gasteiger partial charge in [0.25, 0.3) is 5.69 Å². The maximum Gasteiger partial charge on any atom is 0.270 e. The van der Waals surface area contributed by atoms with Gasteiger partial charge in [0.05, 0.1) is 21.9 Å². The zero-order valence-corrected chi connectivity index (χ0v) is 15.5. The third-order valence-electron chi connectivity index (χ3n) is 3.73. The molecule has 3 aromatic rings. The highest BCUT2D eigenvalue weighted by molar-refractivity contribution is 7.99. The van der Waals surface area contributed by atoms with Gasteiger partial charge in [-0.1, -0.05) is 41.6 Å². The summed E-state index contributed by atoms with van der Waals surface area (Å²) in [4.78, 5) is 26.7. The standard InChI is InChI=1S/C18H14N6O3S/c1-11-2-4-12(5-3-11)17-21-18(23-22-17)28-10-16(25)20-15-7-6-14(24(26)27)8-13(15)9-19/h2-8H,10H2,1H3,(H,20,25)(H,21,22,23). The number of rotatable bonds is 6. The van der Waals surface area contributed by atoms with Gasteiger partial charge in [0.1, 0.15) is 6.07 Å². The lowest BCUT2D eigenvalue weighted by Gasteiger charge is -2.06. The summed E-state index contributed by atoms with van der Waals surface area (Å²) < 4.78 is 0. The Kier molecular flexibility index (Phi) is 5.67. The van der Waals surface area contributed by atoms with Gasteiger partial charge in [-0.05, 0) is 13.0 Å². The van der Waals surface area contributed by atoms with Crippen LogP contribution in [0.4, 0.5) is 11.4 Å². The van der Waals surface area contributed by atoms with Gasteiger partial charge >= 0.3 is 0 Å². The predicted octanol–water partition coefficient (Wildman–Crippen LogP) is 3.29. The van der Waals surface area contributed by atoms with Crippen LogP contribution in [0.1, 0.15) is 11.1 Å². The van der Waals surface area contributed by atoms with Crippen molar-refractivity contribution in [1.29, 1.82) is 5.26 Å². The van der Waals surface area contributed by atoms with Gasteiger partial charge in [-0.3, -0.25) is 20.0 Å². The second-order valence-electron chi connectivity index (χ2n) is 5.77. The summed E-state index contributed by atoms with van der Waals surface area (Å²) in [5, 5.41) is 29.8. The Morgan fingerprint density at radius 2 is 2.07 bits per heavy atom. The summed E-state index contributed by atoms with van der Waals surface area (Å²) in [6.45, 7) is 1.99. The molecule has 9 nitrogen and oxygen atoms in total. The van der Waals surface area contributed by atoms with Gasteiger partial charge in [0.15, 0.2) is 5.82 Å². The van der Waals surface area contributed by atoms with E-state index in [0.29, 0.717) is 11.0 Å². The monoisotopic (exact) mass is 394 g/mol. The quantitative estimate of drug-likeness (QED) is 0.372. The summed E-state index contributed by atoms with van der Waals surface area (Å²) >= 11 is 1.13. The van der Waals surface area contributed by atoms with Crippen molar-refractivity contribution in [2.75, 3.05) is 11.1 Å². The van der Waals surface area contributed by atoms with Crippen LogP contribution < -0.4 is 5.32 Å². The zero-order chi connectivity index (χ0) is 20.1. The Balaban J connectivity index is 1.61. The fourth-order valence-corrected chi connectivity index (χ4v) is 2.91. The van der Waals surface area contributed by atoms with E-state index in [0.717, 1.165) is 29.0 Å². The summed E-state index contributed by atoms with van der Waals surface area (Å²) in [5.41, 5.74) is 2.05. The molecule has 0 aliphatic carbocycles. The summed E-state index contributed by atoms with van der Waals surface area (Å²) in [6, 6.07) is 13.3. The summed E-state index contributed by atoms with van der Waals surface area (Å²) in [5.74, 6) is 0.245. The highest BCUT2D eigenvalue weighted by Crippen LogP contribution is 2.23. The van der Waals surface area contributed by atoms with Crippen molar-refractivity contribution in [3.63, 3.8) is 0 Å². The molecule has 1 heterocycles. The van der Waals surface area contributed by atoms with Gasteiger partial charge < -0.3 is 5.32 Å². The molecule has 1 aromatic heterocycles. The van der Waals surface area contributed by atoms with Crippen molar-refractivity contribution in [2.24, 2.45) is 0 Å². The molecule has 2 N–H and O–H groups in total. The number of nitrogens with zero attached hydrogens (tertiary/aromatic N) is 4. The van der Waals surface area contributed by atoms with E-state index in [9.17, 15) is 14.9 Å². The lowest BCUT2D eigenvalue weighted by atomic mass is 10.1. The molecule has 0 aliphatic rings. The van der Waals surface area contributed by atoms with Crippen molar-refractivity contribution in [1.82, 2.24) is 15.2 Å². The number of nitro benzene ring substituents is 1. The molecule has 10 heteroatoms. The lowest BCUT2D eigenvalue weighted by molar-refractivity contribution is -0.384. The minimum absolute atomic E-state index is 0.0205. The van der Waals surface area contributed by atoms with Gasteiger partial charge in [0, 0.05) is 17.7 Å². The Bertz CT molecular complexity index is 1070. The molecular weight excluding hydrogens is 380 g/mol. The maximum atomic E-state index is 12.1. The molecule has 0 bridgehead atoms. The Morgan fingerprint density at radius 3 is 2.75 bits per heavy atom. The van der Waals surface area contributed by atoms with Gasteiger partial charge in [-0.25, -0.2) is 4.98 Å². The van der Waals surface area contributed by atoms with Crippen LogP contribution in [0.25, 0.3) is 11.4 Å². The molecule has 0 saturated heterocycles. The number of hydrogen-bond donors (Lipinski definition) is 2. The number of nitriles is 1. The molecule has 3 rings (SSSR count). The molecule has 0 fully saturated rings. The fourth-order valence-electron chi connectivity index (χ4n) is 2.32. The van der Waals surface area contributed by atoms with E-state index < -0.39 is 4.92 Å². The average Bonchev–Trinajstić information content (AvgIpc) is 3.16. The van der Waals surface area contributed by atoms with Crippen LogP contribution >= 0.6 is 11.8 Å². The van der Waals surface area contributed by atoms with E-state index in [4.69, 9.17) is 5.26 Å². The van der Waals surface area contributed by atoms with Crippen molar-refractivity contribution >= 4 is 29.0 Å². The third kappa shape index (κ3) is 4.52. The summed E-state index contributed by atoms with van der Waals surface area (Å²) in [7, 11) is 0. The van der Waals surface area contributed by atoms with E-state index >= 15 is 0 Å². The normalized spacial score (nSPS) is 10.3. The van der Waals surface area contributed by atoms with E-state index in [1.54, 1.807) is 0 Å². The topological polar surface area (TPSA) is 138 Å². The smallest absolute Gasteiger partial charge is 0.270 e. The second kappa shape index (κ2) is 8.32. The first-order valence-corrected chi connectivity index (χ1v) is 9.05. The fraction of sp³-hybridized carbons (Fsp3) is 0.111. The summed E-state index contributed by atoms with van der Waals surface area (Å²) in [6.07, 6.45) is 0. The number of amides is 1. The van der Waals surface area contributed by atoms with E-state index in [1.165, 1.54) is 12.1 Å². The van der Waals surface area contributed by atoms with Gasteiger partial charge in [-0.2, -0.15) is 5.26 Å². The van der Waals surface area contributed by atoms with E-state index in [2.05, 4.69) is 20.5 Å². The number of carbonyl (C=O) groups is 1. The molecule has 0 radical (unpaired) electrons. The molecule has 1 amide bonds. The van der Waals surface area contributed by atoms with Crippen LogP contribution in [0, 0.1) is 28.4 Å². The number of aromatic nitrogens is 3. The number of carbonyl (C=O) groups excluding carboxylic acids is 1. The van der Waals surface area contributed by atoms with E-state index in [1.807, 2.05) is 37.3 Å².